The fourth-order valence-corrected chi connectivity index (χ4v) is 2.93. The van der Waals surface area contributed by atoms with Gasteiger partial charge in [-0.1, -0.05) is 11.6 Å². The lowest BCUT2D eigenvalue weighted by molar-refractivity contribution is 0.130. The summed E-state index contributed by atoms with van der Waals surface area (Å²) < 4.78 is 0.750. The van der Waals surface area contributed by atoms with Crippen LogP contribution >= 0.6 is 27.5 Å². The average molecular weight is 348 g/mol. The van der Waals surface area contributed by atoms with Crippen LogP contribution in [0.1, 0.15) is 13.3 Å². The molecule has 0 spiro atoms. The van der Waals surface area contributed by atoms with E-state index in [2.05, 4.69) is 21.2 Å². The molecule has 2 unspecified atom stereocenters. The molecule has 1 heterocycles. The number of rotatable bonds is 2. The Morgan fingerprint density at radius 1 is 1.63 bits per heavy atom. The highest BCUT2D eigenvalue weighted by Crippen LogP contribution is 2.27. The largest absolute Gasteiger partial charge is 0.393 e. The maximum atomic E-state index is 12.1. The lowest BCUT2D eigenvalue weighted by Gasteiger charge is -2.19. The van der Waals surface area contributed by atoms with Crippen LogP contribution in [0.4, 0.5) is 10.5 Å². The zero-order chi connectivity index (χ0) is 14.0. The molecule has 1 aliphatic heterocycles. The van der Waals surface area contributed by atoms with Crippen molar-refractivity contribution in [1.82, 2.24) is 4.90 Å². The number of aliphatic hydroxyl groups is 1. The molecule has 1 saturated heterocycles. The van der Waals surface area contributed by atoms with E-state index in [0.717, 1.165) is 10.9 Å². The number of benzene rings is 1. The predicted octanol–water partition coefficient (Wildman–Crippen LogP) is 3.34. The Balaban J connectivity index is 1.98. The van der Waals surface area contributed by atoms with Gasteiger partial charge < -0.3 is 15.3 Å². The number of nitrogens with zero attached hydrogens (tertiary/aromatic N) is 1. The summed E-state index contributed by atoms with van der Waals surface area (Å²) in [5.74, 6) is 0.166. The molecule has 2 atom stereocenters. The van der Waals surface area contributed by atoms with E-state index in [4.69, 9.17) is 11.6 Å². The van der Waals surface area contributed by atoms with Gasteiger partial charge in [0.15, 0.2) is 0 Å². The van der Waals surface area contributed by atoms with Crippen molar-refractivity contribution in [3.05, 3.63) is 27.7 Å². The van der Waals surface area contributed by atoms with Crippen LogP contribution in [0.25, 0.3) is 0 Å². The van der Waals surface area contributed by atoms with Crippen molar-refractivity contribution in [2.24, 2.45) is 5.92 Å². The van der Waals surface area contributed by atoms with Crippen LogP contribution in [0.15, 0.2) is 22.7 Å². The van der Waals surface area contributed by atoms with Gasteiger partial charge in [-0.25, -0.2) is 4.79 Å². The molecular formula is C13H16BrClN2O2. The quantitative estimate of drug-likeness (QED) is 0.862. The predicted molar refractivity (Wildman–Crippen MR) is 79.5 cm³/mol. The number of hydrogen-bond acceptors (Lipinski definition) is 2. The second kappa shape index (κ2) is 6.11. The monoisotopic (exact) mass is 346 g/mol. The first-order valence-electron chi connectivity index (χ1n) is 6.16. The smallest absolute Gasteiger partial charge is 0.321 e. The summed E-state index contributed by atoms with van der Waals surface area (Å²) in [6.07, 6.45) is 0.465. The van der Waals surface area contributed by atoms with Crippen molar-refractivity contribution in [3.63, 3.8) is 0 Å². The van der Waals surface area contributed by atoms with Gasteiger partial charge in [-0.15, -0.1) is 0 Å². The Morgan fingerprint density at radius 2 is 2.37 bits per heavy atom. The fraction of sp³-hybridized carbons (Fsp3) is 0.462. The molecule has 1 fully saturated rings. The van der Waals surface area contributed by atoms with Crippen LogP contribution in [-0.2, 0) is 0 Å². The molecule has 1 aromatic rings. The van der Waals surface area contributed by atoms with Crippen molar-refractivity contribution in [3.8, 4) is 0 Å². The molecule has 6 heteroatoms. The summed E-state index contributed by atoms with van der Waals surface area (Å²) in [4.78, 5) is 13.8. The normalized spacial score (nSPS) is 20.4. The first kappa shape index (κ1) is 14.6. The van der Waals surface area contributed by atoms with Gasteiger partial charge in [-0.05, 0) is 47.5 Å². The minimum absolute atomic E-state index is 0.147. The topological polar surface area (TPSA) is 52.6 Å². The van der Waals surface area contributed by atoms with E-state index in [1.54, 1.807) is 30.0 Å². The van der Waals surface area contributed by atoms with Gasteiger partial charge in [0, 0.05) is 28.5 Å². The molecule has 0 bridgehead atoms. The van der Waals surface area contributed by atoms with Gasteiger partial charge in [0.05, 0.1) is 11.8 Å². The summed E-state index contributed by atoms with van der Waals surface area (Å²) in [6, 6.07) is 5.07. The van der Waals surface area contributed by atoms with E-state index in [9.17, 15) is 9.90 Å². The van der Waals surface area contributed by atoms with Crippen LogP contribution < -0.4 is 5.32 Å². The summed E-state index contributed by atoms with van der Waals surface area (Å²) in [5, 5.41) is 13.0. The zero-order valence-corrected chi connectivity index (χ0v) is 12.9. The number of aliphatic hydroxyl groups excluding tert-OH is 1. The van der Waals surface area contributed by atoms with Crippen molar-refractivity contribution < 1.29 is 9.90 Å². The molecule has 0 aromatic heterocycles. The third-order valence-corrected chi connectivity index (χ3v) is 4.26. The molecule has 1 aliphatic rings. The second-order valence-electron chi connectivity index (χ2n) is 4.79. The molecular weight excluding hydrogens is 332 g/mol. The molecule has 1 aromatic carbocycles. The SMILES string of the molecule is CC(O)C1CCN(C(=O)Nc2ccc(Cl)cc2Br)C1. The highest BCUT2D eigenvalue weighted by molar-refractivity contribution is 9.10. The number of carbonyl (C=O) groups is 1. The summed E-state index contributed by atoms with van der Waals surface area (Å²) in [5.41, 5.74) is 0.690. The molecule has 104 valence electrons. The first-order valence-corrected chi connectivity index (χ1v) is 7.33. The van der Waals surface area contributed by atoms with Crippen molar-refractivity contribution in [1.29, 1.82) is 0 Å². The maximum Gasteiger partial charge on any atom is 0.321 e. The van der Waals surface area contributed by atoms with E-state index < -0.39 is 0 Å². The summed E-state index contributed by atoms with van der Waals surface area (Å²) in [6.45, 7) is 3.03. The van der Waals surface area contributed by atoms with Gasteiger partial charge in [-0.2, -0.15) is 0 Å². The maximum absolute atomic E-state index is 12.1. The third kappa shape index (κ3) is 3.61. The first-order chi connectivity index (χ1) is 8.97. The Bertz CT molecular complexity index is 482. The number of carbonyl (C=O) groups excluding carboxylic acids is 1. The minimum Gasteiger partial charge on any atom is -0.393 e. The van der Waals surface area contributed by atoms with Gasteiger partial charge in [-0.3, -0.25) is 0 Å². The fourth-order valence-electron chi connectivity index (χ4n) is 2.15. The number of halogens is 2. The molecule has 0 aliphatic carbocycles. The summed E-state index contributed by atoms with van der Waals surface area (Å²) >= 11 is 9.22. The Hall–Kier alpha value is -0.780. The van der Waals surface area contributed by atoms with Crippen molar-refractivity contribution in [2.75, 3.05) is 18.4 Å². The highest BCUT2D eigenvalue weighted by Gasteiger charge is 2.29. The number of likely N-dealkylation sites (tertiary alicyclic amines) is 1. The van der Waals surface area contributed by atoms with Crippen LogP contribution in [0.2, 0.25) is 5.02 Å². The highest BCUT2D eigenvalue weighted by atomic mass is 79.9. The third-order valence-electron chi connectivity index (χ3n) is 3.37. The van der Waals surface area contributed by atoms with E-state index in [1.165, 1.54) is 0 Å². The number of amides is 2. The van der Waals surface area contributed by atoms with E-state index >= 15 is 0 Å². The standard InChI is InChI=1S/C13H16BrClN2O2/c1-8(18)9-4-5-17(7-9)13(19)16-12-3-2-10(15)6-11(12)14/h2-3,6,8-9,18H,4-5,7H2,1H3,(H,16,19). The Labute approximate surface area is 125 Å². The van der Waals surface area contributed by atoms with Crippen LogP contribution in [0.5, 0.6) is 0 Å². The van der Waals surface area contributed by atoms with Gasteiger partial charge >= 0.3 is 6.03 Å². The second-order valence-corrected chi connectivity index (χ2v) is 6.08. The van der Waals surface area contributed by atoms with Crippen LogP contribution in [0, 0.1) is 5.92 Å². The molecule has 19 heavy (non-hydrogen) atoms. The van der Waals surface area contributed by atoms with E-state index in [-0.39, 0.29) is 18.1 Å². The van der Waals surface area contributed by atoms with E-state index in [0.29, 0.717) is 23.8 Å². The average Bonchev–Trinajstić information content (AvgIpc) is 2.82. The Morgan fingerprint density at radius 3 is 2.95 bits per heavy atom. The van der Waals surface area contributed by atoms with E-state index in [1.807, 2.05) is 0 Å². The van der Waals surface area contributed by atoms with Crippen LogP contribution in [0.3, 0.4) is 0 Å². The lowest BCUT2D eigenvalue weighted by Crippen LogP contribution is -2.34. The molecule has 2 rings (SSSR count). The zero-order valence-electron chi connectivity index (χ0n) is 10.6. The number of nitrogens with one attached hydrogen (secondary N) is 1. The summed E-state index contributed by atoms with van der Waals surface area (Å²) in [7, 11) is 0. The van der Waals surface area contributed by atoms with Crippen molar-refractivity contribution in [2.45, 2.75) is 19.4 Å². The van der Waals surface area contributed by atoms with Gasteiger partial charge in [0.25, 0.3) is 0 Å². The molecule has 2 amide bonds. The number of urea groups is 1. The van der Waals surface area contributed by atoms with Gasteiger partial charge in [0.1, 0.15) is 0 Å². The number of hydrogen-bond donors (Lipinski definition) is 2. The van der Waals surface area contributed by atoms with Gasteiger partial charge in [0.2, 0.25) is 0 Å². The lowest BCUT2D eigenvalue weighted by atomic mass is 10.0. The minimum atomic E-state index is -0.375. The molecule has 2 N–H and O–H groups in total. The molecule has 4 nitrogen and oxygen atoms in total. The number of anilines is 1. The van der Waals surface area contributed by atoms with Crippen molar-refractivity contribution >= 4 is 39.2 Å². The Kier molecular flexibility index (Phi) is 4.71. The molecule has 0 saturated carbocycles. The van der Waals surface area contributed by atoms with Crippen LogP contribution in [-0.4, -0.2) is 35.2 Å². The molecule has 0 radical (unpaired) electrons.